The first kappa shape index (κ1) is 15.3. The van der Waals surface area contributed by atoms with Crippen LogP contribution in [0.4, 0.5) is 5.82 Å². The van der Waals surface area contributed by atoms with Crippen LogP contribution in [0.25, 0.3) is 0 Å². The molecule has 1 fully saturated rings. The van der Waals surface area contributed by atoms with E-state index < -0.39 is 10.0 Å². The number of hydrogen-bond acceptors (Lipinski definition) is 4. The van der Waals surface area contributed by atoms with E-state index in [1.807, 2.05) is 6.92 Å². The van der Waals surface area contributed by atoms with E-state index in [4.69, 9.17) is 0 Å². The highest BCUT2D eigenvalue weighted by atomic mass is 32.2. The summed E-state index contributed by atoms with van der Waals surface area (Å²) >= 11 is 0. The van der Waals surface area contributed by atoms with Gasteiger partial charge in [-0.3, -0.25) is 0 Å². The molecule has 0 bridgehead atoms. The molecule has 1 N–H and O–H groups in total. The average Bonchev–Trinajstić information content (AvgIpc) is 2.45. The Labute approximate surface area is 121 Å². The highest BCUT2D eigenvalue weighted by Gasteiger charge is 2.31. The van der Waals surface area contributed by atoms with Crippen LogP contribution in [-0.4, -0.2) is 36.8 Å². The lowest BCUT2D eigenvalue weighted by Crippen LogP contribution is -2.41. The fourth-order valence-corrected chi connectivity index (χ4v) is 4.20. The van der Waals surface area contributed by atoms with Gasteiger partial charge in [-0.15, -0.1) is 0 Å². The molecule has 1 saturated heterocycles. The molecular weight excluding hydrogens is 274 g/mol. The molecule has 2 rings (SSSR count). The van der Waals surface area contributed by atoms with Gasteiger partial charge < -0.3 is 5.32 Å². The zero-order valence-corrected chi connectivity index (χ0v) is 13.0. The maximum Gasteiger partial charge on any atom is 0.243 e. The van der Waals surface area contributed by atoms with Crippen LogP contribution in [-0.2, 0) is 10.0 Å². The number of hydrogen-bond donors (Lipinski definition) is 1. The molecule has 112 valence electrons. The summed E-state index contributed by atoms with van der Waals surface area (Å²) in [4.78, 5) is 4.49. The van der Waals surface area contributed by atoms with Crippen molar-refractivity contribution in [3.05, 3.63) is 18.3 Å². The predicted molar refractivity (Wildman–Crippen MR) is 80.2 cm³/mol. The summed E-state index contributed by atoms with van der Waals surface area (Å²) in [6, 6.07) is 3.29. The van der Waals surface area contributed by atoms with Crippen molar-refractivity contribution in [2.24, 2.45) is 0 Å². The Kier molecular flexibility index (Phi) is 4.99. The van der Waals surface area contributed by atoms with Gasteiger partial charge in [0.15, 0.2) is 0 Å². The van der Waals surface area contributed by atoms with E-state index in [0.717, 1.165) is 32.2 Å². The van der Waals surface area contributed by atoms with Gasteiger partial charge in [-0.05, 0) is 32.3 Å². The second kappa shape index (κ2) is 6.54. The molecule has 1 atom stereocenters. The second-order valence-corrected chi connectivity index (χ2v) is 7.15. The maximum atomic E-state index is 12.7. The summed E-state index contributed by atoms with van der Waals surface area (Å²) in [7, 11) is -3.41. The molecule has 0 saturated carbocycles. The summed E-state index contributed by atoms with van der Waals surface area (Å²) in [5.41, 5.74) is 0. The van der Waals surface area contributed by atoms with Gasteiger partial charge in [0, 0.05) is 31.4 Å². The van der Waals surface area contributed by atoms with Gasteiger partial charge in [-0.25, -0.2) is 13.4 Å². The average molecular weight is 297 g/mol. The Morgan fingerprint density at radius 1 is 1.45 bits per heavy atom. The lowest BCUT2D eigenvalue weighted by atomic mass is 10.1. The number of anilines is 1. The van der Waals surface area contributed by atoms with Crippen LogP contribution in [0, 0.1) is 0 Å². The number of nitrogens with zero attached hydrogens (tertiary/aromatic N) is 2. The number of sulfonamides is 1. The molecule has 2 heterocycles. The van der Waals surface area contributed by atoms with E-state index in [1.165, 1.54) is 0 Å². The van der Waals surface area contributed by atoms with Crippen molar-refractivity contribution in [2.45, 2.75) is 50.5 Å². The van der Waals surface area contributed by atoms with Gasteiger partial charge in [-0.1, -0.05) is 13.3 Å². The Hall–Kier alpha value is -1.14. The Morgan fingerprint density at radius 3 is 2.95 bits per heavy atom. The largest absolute Gasteiger partial charge is 0.370 e. The van der Waals surface area contributed by atoms with Crippen LogP contribution in [0.5, 0.6) is 0 Å². The molecule has 0 aromatic carbocycles. The minimum atomic E-state index is -3.41. The molecular formula is C14H23N3O2S. The molecule has 1 unspecified atom stereocenters. The third-order valence-corrected chi connectivity index (χ3v) is 5.65. The first-order valence-electron chi connectivity index (χ1n) is 7.27. The number of piperidine rings is 1. The van der Waals surface area contributed by atoms with Crippen molar-refractivity contribution < 1.29 is 8.42 Å². The van der Waals surface area contributed by atoms with Gasteiger partial charge in [0.1, 0.15) is 5.82 Å². The molecule has 20 heavy (non-hydrogen) atoms. The summed E-state index contributed by atoms with van der Waals surface area (Å²) < 4.78 is 27.0. The van der Waals surface area contributed by atoms with E-state index in [0.29, 0.717) is 17.3 Å². The molecule has 1 aromatic heterocycles. The molecule has 1 aliphatic heterocycles. The van der Waals surface area contributed by atoms with Crippen molar-refractivity contribution >= 4 is 15.8 Å². The van der Waals surface area contributed by atoms with Crippen LogP contribution in [0.1, 0.15) is 39.5 Å². The molecule has 1 aliphatic rings. The van der Waals surface area contributed by atoms with Gasteiger partial charge in [0.05, 0.1) is 4.90 Å². The van der Waals surface area contributed by atoms with Gasteiger partial charge in [-0.2, -0.15) is 4.31 Å². The Morgan fingerprint density at radius 2 is 2.25 bits per heavy atom. The number of pyridine rings is 1. The first-order valence-corrected chi connectivity index (χ1v) is 8.71. The number of aromatic nitrogens is 1. The summed E-state index contributed by atoms with van der Waals surface area (Å²) in [5.74, 6) is 0.623. The van der Waals surface area contributed by atoms with E-state index in [-0.39, 0.29) is 6.04 Å². The highest BCUT2D eigenvalue weighted by molar-refractivity contribution is 7.89. The lowest BCUT2D eigenvalue weighted by molar-refractivity contribution is 0.268. The fourth-order valence-electron chi connectivity index (χ4n) is 2.49. The zero-order valence-electron chi connectivity index (χ0n) is 12.2. The van der Waals surface area contributed by atoms with E-state index >= 15 is 0 Å². The number of nitrogens with one attached hydrogen (secondary N) is 1. The lowest BCUT2D eigenvalue weighted by Gasteiger charge is -2.32. The molecule has 0 amide bonds. The smallest absolute Gasteiger partial charge is 0.243 e. The third kappa shape index (κ3) is 3.30. The molecule has 5 nitrogen and oxygen atoms in total. The third-order valence-electron chi connectivity index (χ3n) is 3.64. The van der Waals surface area contributed by atoms with Crippen LogP contribution in [0.2, 0.25) is 0 Å². The zero-order chi connectivity index (χ0) is 14.6. The SMILES string of the molecule is CCCNc1cc(S(=O)(=O)N2CCCCC2C)ccn1. The van der Waals surface area contributed by atoms with Crippen LogP contribution >= 0.6 is 0 Å². The minimum Gasteiger partial charge on any atom is -0.370 e. The van der Waals surface area contributed by atoms with Crippen LogP contribution < -0.4 is 5.32 Å². The molecule has 0 radical (unpaired) electrons. The van der Waals surface area contributed by atoms with Gasteiger partial charge >= 0.3 is 0 Å². The van der Waals surface area contributed by atoms with Crippen molar-refractivity contribution in [3.8, 4) is 0 Å². The molecule has 0 spiro atoms. The Bertz CT molecular complexity index is 545. The van der Waals surface area contributed by atoms with Crippen molar-refractivity contribution in [1.29, 1.82) is 0 Å². The normalized spacial score (nSPS) is 20.8. The van der Waals surface area contributed by atoms with Crippen LogP contribution in [0.15, 0.2) is 23.2 Å². The topological polar surface area (TPSA) is 62.3 Å². The molecule has 0 aliphatic carbocycles. The first-order chi connectivity index (χ1) is 9.55. The van der Waals surface area contributed by atoms with Crippen molar-refractivity contribution in [2.75, 3.05) is 18.4 Å². The van der Waals surface area contributed by atoms with E-state index in [9.17, 15) is 8.42 Å². The van der Waals surface area contributed by atoms with Crippen molar-refractivity contribution in [1.82, 2.24) is 9.29 Å². The van der Waals surface area contributed by atoms with Gasteiger partial charge in [0.25, 0.3) is 0 Å². The second-order valence-electron chi connectivity index (χ2n) is 5.26. The predicted octanol–water partition coefficient (Wildman–Crippen LogP) is 2.47. The summed E-state index contributed by atoms with van der Waals surface area (Å²) in [5, 5.41) is 3.13. The monoisotopic (exact) mass is 297 g/mol. The quantitative estimate of drug-likeness (QED) is 0.907. The van der Waals surface area contributed by atoms with Crippen LogP contribution in [0.3, 0.4) is 0 Å². The minimum absolute atomic E-state index is 0.0777. The maximum absolute atomic E-state index is 12.7. The Balaban J connectivity index is 2.24. The van der Waals surface area contributed by atoms with Crippen molar-refractivity contribution in [3.63, 3.8) is 0 Å². The standard InChI is InChI=1S/C14H23N3O2S/c1-3-8-15-14-11-13(7-9-16-14)20(18,19)17-10-5-4-6-12(17)2/h7,9,11-12H,3-6,8,10H2,1-2H3,(H,15,16). The fraction of sp³-hybridized carbons (Fsp3) is 0.643. The highest BCUT2D eigenvalue weighted by Crippen LogP contribution is 2.25. The van der Waals surface area contributed by atoms with E-state index in [2.05, 4.69) is 17.2 Å². The number of rotatable bonds is 5. The molecule has 1 aromatic rings. The van der Waals surface area contributed by atoms with E-state index in [1.54, 1.807) is 22.6 Å². The molecule has 6 heteroatoms. The van der Waals surface area contributed by atoms with Gasteiger partial charge in [0.2, 0.25) is 10.0 Å². The summed E-state index contributed by atoms with van der Waals surface area (Å²) in [6.45, 7) is 5.44. The summed E-state index contributed by atoms with van der Waals surface area (Å²) in [6.07, 6.45) is 5.51.